The van der Waals surface area contributed by atoms with E-state index in [2.05, 4.69) is 65.8 Å². The van der Waals surface area contributed by atoms with Crippen molar-refractivity contribution in [2.45, 2.75) is 175 Å². The molecule has 1 saturated heterocycles. The Labute approximate surface area is 424 Å². The molecule has 0 saturated carbocycles. The highest BCUT2D eigenvalue weighted by Gasteiger charge is 2.47. The molecule has 2 aromatic rings. The number of thioether (sulfide) groups is 1. The van der Waals surface area contributed by atoms with Gasteiger partial charge in [-0.3, -0.25) is 19.3 Å². The average Bonchev–Trinajstić information content (AvgIpc) is 3.82. The Balaban J connectivity index is 1.06. The van der Waals surface area contributed by atoms with Gasteiger partial charge in [0.05, 0.1) is 36.4 Å². The number of ether oxygens (including phenoxy) is 4. The first-order valence-corrected chi connectivity index (χ1v) is 26.6. The van der Waals surface area contributed by atoms with E-state index >= 15 is 0 Å². The maximum atomic E-state index is 14.5. The molecule has 0 unspecified atom stereocenters. The summed E-state index contributed by atoms with van der Waals surface area (Å²) in [7, 11) is 0. The lowest BCUT2D eigenvalue weighted by molar-refractivity contribution is -0.141. The molecule has 2 aromatic carbocycles. The van der Waals surface area contributed by atoms with Crippen molar-refractivity contribution in [1.82, 2.24) is 14.7 Å². The Morgan fingerprint density at radius 1 is 0.775 bits per heavy atom. The number of fused-ring (bicyclic) bond motifs is 6. The van der Waals surface area contributed by atoms with Crippen molar-refractivity contribution in [1.29, 1.82) is 0 Å². The minimum atomic E-state index is -1.03. The minimum absolute atomic E-state index is 0.0366. The molecule has 1 fully saturated rings. The van der Waals surface area contributed by atoms with Crippen LogP contribution in [-0.4, -0.2) is 115 Å². The van der Waals surface area contributed by atoms with Crippen LogP contribution in [0.3, 0.4) is 0 Å². The highest BCUT2D eigenvalue weighted by Crippen LogP contribution is 2.49. The van der Waals surface area contributed by atoms with Crippen LogP contribution in [-0.2, 0) is 35.5 Å². The zero-order valence-electron chi connectivity index (χ0n) is 43.1. The smallest absolute Gasteiger partial charge is 0.415 e. The summed E-state index contributed by atoms with van der Waals surface area (Å²) in [4.78, 5) is 58.8. The fourth-order valence-electron chi connectivity index (χ4n) is 10.3. The van der Waals surface area contributed by atoms with Crippen molar-refractivity contribution in [3.8, 4) is 23.0 Å². The Kier molecular flexibility index (Phi) is 17.4. The number of carbonyl (C=O) groups excluding carboxylic acids is 4. The number of aromatic hydroxyl groups is 1. The molecule has 0 spiro atoms. The van der Waals surface area contributed by atoms with E-state index in [-0.39, 0.29) is 61.9 Å². The van der Waals surface area contributed by atoms with Gasteiger partial charge < -0.3 is 44.1 Å². The van der Waals surface area contributed by atoms with E-state index in [1.807, 2.05) is 13.8 Å². The number of hydrogen-bond donors (Lipinski definition) is 3. The van der Waals surface area contributed by atoms with Gasteiger partial charge >= 0.3 is 6.09 Å². The second kappa shape index (κ2) is 23.1. The third-order valence-corrected chi connectivity index (χ3v) is 15.8. The van der Waals surface area contributed by atoms with Gasteiger partial charge in [0.15, 0.2) is 6.23 Å². The third-order valence-electron chi connectivity index (χ3n) is 14.8. The van der Waals surface area contributed by atoms with Crippen LogP contribution in [0.1, 0.15) is 163 Å². The number of carbonyl (C=O) groups is 4. The normalized spacial score (nSPS) is 23.2. The lowest BCUT2D eigenvalue weighted by Crippen LogP contribution is -2.49. The number of amides is 3. The molecular weight excluding hydrogens is 923 g/mol. The monoisotopic (exact) mass is 998 g/mol. The summed E-state index contributed by atoms with van der Waals surface area (Å²) in [6, 6.07) is 3.01. The molecule has 0 bridgehead atoms. The first kappa shape index (κ1) is 53.5. The number of nitrogens with zero attached hydrogens (tertiary/aromatic N) is 3. The lowest BCUT2D eigenvalue weighted by atomic mass is 9.84. The van der Waals surface area contributed by atoms with Gasteiger partial charge in [-0.1, -0.05) is 46.6 Å². The lowest BCUT2D eigenvalue weighted by Gasteiger charge is -2.41. The number of aliphatic hydroxyl groups excluding tert-OH is 2. The molecule has 0 radical (unpaired) electrons. The third kappa shape index (κ3) is 12.3. The van der Waals surface area contributed by atoms with E-state index in [9.17, 15) is 34.5 Å². The van der Waals surface area contributed by atoms with Crippen LogP contribution in [0.15, 0.2) is 58.7 Å². The predicted molar refractivity (Wildman–Crippen MR) is 275 cm³/mol. The van der Waals surface area contributed by atoms with E-state index in [4.69, 9.17) is 18.9 Å². The fraction of sp³-hybridized carbons (Fsp3) is 0.571. The van der Waals surface area contributed by atoms with Crippen LogP contribution in [0.5, 0.6) is 23.0 Å². The quantitative estimate of drug-likeness (QED) is 0.0847. The number of allylic oxidation sites excluding steroid dienone is 8. The van der Waals surface area contributed by atoms with Crippen molar-refractivity contribution in [2.75, 3.05) is 31.1 Å². The highest BCUT2D eigenvalue weighted by atomic mass is 32.2. The molecule has 15 heteroatoms. The first-order valence-electron chi connectivity index (χ1n) is 25.4. The molecule has 0 aliphatic carbocycles. The zero-order chi connectivity index (χ0) is 51.2. The van der Waals surface area contributed by atoms with Gasteiger partial charge in [0.25, 0.3) is 18.3 Å². The van der Waals surface area contributed by atoms with Gasteiger partial charge in [0, 0.05) is 72.7 Å². The summed E-state index contributed by atoms with van der Waals surface area (Å²) in [5.41, 5.74) is 5.89. The molecule has 5 aliphatic heterocycles. The van der Waals surface area contributed by atoms with Crippen LogP contribution >= 0.6 is 11.8 Å². The molecule has 5 heterocycles. The number of phenols is 1. The van der Waals surface area contributed by atoms with Gasteiger partial charge in [0.1, 0.15) is 34.2 Å². The SMILES string of the molecule is CC(C)=CCC/C(C)=C/CC[C@@]1(C)Oc2c(c(O)cc3c2CN(CCC[C@@H](OC=O)N2Cc4c(cc(OC(=O)N5CCSCC5)c5c4O[C@](C)(CC/C=C(\C)CCC=C(C)C)[C@@H](O)C5)C2=O)C3=O)C[C@@H]1O. The van der Waals surface area contributed by atoms with Crippen LogP contribution in [0.25, 0.3) is 0 Å². The molecular formula is C56H75N3O11S. The van der Waals surface area contributed by atoms with Crippen molar-refractivity contribution in [2.24, 2.45) is 0 Å². The summed E-state index contributed by atoms with van der Waals surface area (Å²) in [5.74, 6) is 1.72. The minimum Gasteiger partial charge on any atom is -0.508 e. The van der Waals surface area contributed by atoms with Gasteiger partial charge in [0.2, 0.25) is 0 Å². The number of rotatable bonds is 20. The Morgan fingerprint density at radius 3 is 1.90 bits per heavy atom. The van der Waals surface area contributed by atoms with E-state index in [0.717, 1.165) is 37.2 Å². The molecule has 5 atom stereocenters. The van der Waals surface area contributed by atoms with E-state index in [1.165, 1.54) is 33.3 Å². The summed E-state index contributed by atoms with van der Waals surface area (Å²) in [6.07, 6.45) is 12.5. The molecule has 3 amide bonds. The number of aliphatic hydroxyl groups is 2. The van der Waals surface area contributed by atoms with Gasteiger partial charge in [-0.2, -0.15) is 11.8 Å². The largest absolute Gasteiger partial charge is 0.508 e. The molecule has 7 rings (SSSR count). The van der Waals surface area contributed by atoms with E-state index in [0.29, 0.717) is 91.0 Å². The maximum absolute atomic E-state index is 14.5. The van der Waals surface area contributed by atoms with Gasteiger partial charge in [-0.05, 0) is 125 Å². The van der Waals surface area contributed by atoms with Crippen LogP contribution in [0.4, 0.5) is 4.79 Å². The molecule has 71 heavy (non-hydrogen) atoms. The van der Waals surface area contributed by atoms with Gasteiger partial charge in [-0.25, -0.2) is 4.79 Å². The molecule has 5 aliphatic rings. The summed E-state index contributed by atoms with van der Waals surface area (Å²) < 4.78 is 25.1. The van der Waals surface area contributed by atoms with Gasteiger partial charge in [-0.15, -0.1) is 0 Å². The molecule has 3 N–H and O–H groups in total. The highest BCUT2D eigenvalue weighted by molar-refractivity contribution is 7.99. The van der Waals surface area contributed by atoms with Crippen molar-refractivity contribution in [3.05, 3.63) is 92.1 Å². The molecule has 14 nitrogen and oxygen atoms in total. The standard InChI is InChI=1S/C56H75N3O11S/c1-35(2)14-9-16-37(5)18-11-21-55(7)47(62)30-41-45(61)28-39-43(50(41)69-55)32-58(52(39)64)23-13-20-49(67-34-60)59-33-44-40(53(59)65)29-46(68-54(66)57-24-26-71-27-25-57)42-31-48(63)56(8,70-51(42)44)22-12-19-38(6)17-10-15-36(3)4/h14-15,18-19,28-29,34,47-49,61-63H,9-13,16-17,20-27,30-33H2,1-8H3/b37-18+,38-19+/t47-,48-,49+,55+,56+/m0/s1. The second-order valence-electron chi connectivity index (χ2n) is 21.0. The van der Waals surface area contributed by atoms with Crippen molar-refractivity contribution in [3.63, 3.8) is 0 Å². The number of benzene rings is 2. The van der Waals surface area contributed by atoms with Crippen LogP contribution in [0.2, 0.25) is 0 Å². The number of hydrogen-bond acceptors (Lipinski definition) is 12. The number of phenolic OH excluding ortho intramolecular Hbond substituents is 1. The summed E-state index contributed by atoms with van der Waals surface area (Å²) in [5, 5.41) is 34.2. The molecule has 0 aromatic heterocycles. The average molecular weight is 998 g/mol. The van der Waals surface area contributed by atoms with Crippen molar-refractivity contribution < 1.29 is 53.4 Å². The Hall–Kier alpha value is -5.25. The molecule has 386 valence electrons. The zero-order valence-corrected chi connectivity index (χ0v) is 43.9. The van der Waals surface area contributed by atoms with Crippen LogP contribution in [0, 0.1) is 0 Å². The van der Waals surface area contributed by atoms with E-state index in [1.54, 1.807) is 27.6 Å². The summed E-state index contributed by atoms with van der Waals surface area (Å²) in [6.45, 7) is 18.2. The van der Waals surface area contributed by atoms with Crippen LogP contribution < -0.4 is 14.2 Å². The summed E-state index contributed by atoms with van der Waals surface area (Å²) >= 11 is 1.76. The Morgan fingerprint density at radius 2 is 1.32 bits per heavy atom. The Bertz CT molecular complexity index is 2470. The second-order valence-corrected chi connectivity index (χ2v) is 22.2. The topological polar surface area (TPSA) is 176 Å². The predicted octanol–water partition coefficient (Wildman–Crippen LogP) is 9.89. The van der Waals surface area contributed by atoms with E-state index < -0.39 is 41.6 Å². The fourth-order valence-corrected chi connectivity index (χ4v) is 11.2. The first-order chi connectivity index (χ1) is 33.8. The van der Waals surface area contributed by atoms with Crippen molar-refractivity contribution >= 4 is 36.1 Å². The maximum Gasteiger partial charge on any atom is 0.415 e.